The quantitative estimate of drug-likeness (QED) is 0.861. The number of carbonyl (C=O) groups excluding carboxylic acids is 1. The SMILES string of the molecule is COC(=O)c1sc(N2CCCC2)c(OC(C)C)c1N. The first-order chi connectivity index (χ1) is 9.04. The Balaban J connectivity index is 2.41. The minimum atomic E-state index is -0.401. The van der Waals surface area contributed by atoms with Crippen LogP contribution in [-0.4, -0.2) is 32.3 Å². The van der Waals surface area contributed by atoms with Gasteiger partial charge in [0, 0.05) is 13.1 Å². The van der Waals surface area contributed by atoms with Crippen molar-refractivity contribution in [3.05, 3.63) is 4.88 Å². The first-order valence-electron chi connectivity index (χ1n) is 6.46. The van der Waals surface area contributed by atoms with Crippen molar-refractivity contribution in [2.24, 2.45) is 0 Å². The van der Waals surface area contributed by atoms with Gasteiger partial charge in [-0.2, -0.15) is 0 Å². The van der Waals surface area contributed by atoms with Gasteiger partial charge in [-0.1, -0.05) is 0 Å². The van der Waals surface area contributed by atoms with Crippen LogP contribution in [0.5, 0.6) is 5.75 Å². The van der Waals surface area contributed by atoms with Gasteiger partial charge in [-0.15, -0.1) is 11.3 Å². The molecule has 1 aromatic heterocycles. The van der Waals surface area contributed by atoms with E-state index in [1.807, 2.05) is 13.8 Å². The molecule has 1 aliphatic rings. The van der Waals surface area contributed by atoms with Gasteiger partial charge < -0.3 is 20.1 Å². The van der Waals surface area contributed by atoms with Crippen molar-refractivity contribution in [2.45, 2.75) is 32.8 Å². The first kappa shape index (κ1) is 14.0. The zero-order valence-electron chi connectivity index (χ0n) is 11.6. The van der Waals surface area contributed by atoms with Gasteiger partial charge in [0.15, 0.2) is 5.75 Å². The predicted octanol–water partition coefficient (Wildman–Crippen LogP) is 2.50. The lowest BCUT2D eigenvalue weighted by molar-refractivity contribution is 0.0607. The standard InChI is InChI=1S/C13H20N2O3S/c1-8(2)18-10-9(14)11(13(16)17-3)19-12(10)15-6-4-5-7-15/h8H,4-7,14H2,1-3H3. The molecule has 5 nitrogen and oxygen atoms in total. The average Bonchev–Trinajstić information content (AvgIpc) is 2.98. The maximum Gasteiger partial charge on any atom is 0.350 e. The van der Waals surface area contributed by atoms with Gasteiger partial charge in [-0.05, 0) is 26.7 Å². The summed E-state index contributed by atoms with van der Waals surface area (Å²) in [5, 5.41) is 0.948. The Bertz CT molecular complexity index is 465. The van der Waals surface area contributed by atoms with Crippen molar-refractivity contribution >= 4 is 28.0 Å². The molecule has 1 saturated heterocycles. The normalized spacial score (nSPS) is 15.1. The minimum Gasteiger partial charge on any atom is -0.486 e. The monoisotopic (exact) mass is 284 g/mol. The molecular weight excluding hydrogens is 264 g/mol. The summed E-state index contributed by atoms with van der Waals surface area (Å²) in [5.41, 5.74) is 6.45. The molecule has 106 valence electrons. The van der Waals surface area contributed by atoms with Gasteiger partial charge in [0.2, 0.25) is 0 Å². The number of esters is 1. The van der Waals surface area contributed by atoms with Crippen LogP contribution < -0.4 is 15.4 Å². The molecular formula is C13H20N2O3S. The highest BCUT2D eigenvalue weighted by atomic mass is 32.1. The molecule has 0 saturated carbocycles. The van der Waals surface area contributed by atoms with Gasteiger partial charge in [0.05, 0.1) is 13.2 Å². The molecule has 2 rings (SSSR count). The van der Waals surface area contributed by atoms with E-state index >= 15 is 0 Å². The summed E-state index contributed by atoms with van der Waals surface area (Å²) in [7, 11) is 1.36. The van der Waals surface area contributed by atoms with E-state index < -0.39 is 5.97 Å². The van der Waals surface area contributed by atoms with Crippen LogP contribution >= 0.6 is 11.3 Å². The van der Waals surface area contributed by atoms with Gasteiger partial charge >= 0.3 is 5.97 Å². The third-order valence-electron chi connectivity index (χ3n) is 3.00. The van der Waals surface area contributed by atoms with Crippen LogP contribution in [0.1, 0.15) is 36.4 Å². The number of hydrogen-bond donors (Lipinski definition) is 1. The molecule has 1 aromatic rings. The number of carbonyl (C=O) groups is 1. The zero-order valence-corrected chi connectivity index (χ0v) is 12.4. The fourth-order valence-electron chi connectivity index (χ4n) is 2.14. The fraction of sp³-hybridized carbons (Fsp3) is 0.615. The number of thiophene rings is 1. The van der Waals surface area contributed by atoms with Crippen LogP contribution in [0, 0.1) is 0 Å². The summed E-state index contributed by atoms with van der Waals surface area (Å²) in [6, 6.07) is 0. The second-order valence-electron chi connectivity index (χ2n) is 4.83. The van der Waals surface area contributed by atoms with Crippen molar-refractivity contribution in [1.29, 1.82) is 0 Å². The summed E-state index contributed by atoms with van der Waals surface area (Å²) >= 11 is 1.36. The minimum absolute atomic E-state index is 0.0174. The second-order valence-corrected chi connectivity index (χ2v) is 5.83. The fourth-order valence-corrected chi connectivity index (χ4v) is 3.26. The lowest BCUT2D eigenvalue weighted by Gasteiger charge is -2.19. The Morgan fingerprint density at radius 2 is 2.00 bits per heavy atom. The molecule has 19 heavy (non-hydrogen) atoms. The molecule has 6 heteroatoms. The molecule has 0 aromatic carbocycles. The van der Waals surface area contributed by atoms with E-state index in [1.54, 1.807) is 0 Å². The van der Waals surface area contributed by atoms with Crippen molar-refractivity contribution in [3.8, 4) is 5.75 Å². The number of nitrogen functional groups attached to an aromatic ring is 1. The van der Waals surface area contributed by atoms with Crippen LogP contribution in [0.15, 0.2) is 0 Å². The molecule has 2 heterocycles. The Hall–Kier alpha value is -1.43. The number of rotatable bonds is 4. The average molecular weight is 284 g/mol. The van der Waals surface area contributed by atoms with Crippen molar-refractivity contribution in [2.75, 3.05) is 30.8 Å². The van der Waals surface area contributed by atoms with E-state index in [4.69, 9.17) is 15.2 Å². The van der Waals surface area contributed by atoms with Crippen LogP contribution in [0.3, 0.4) is 0 Å². The largest absolute Gasteiger partial charge is 0.486 e. The van der Waals surface area contributed by atoms with Crippen LogP contribution in [0.4, 0.5) is 10.7 Å². The van der Waals surface area contributed by atoms with Crippen LogP contribution in [-0.2, 0) is 4.74 Å². The highest BCUT2D eigenvalue weighted by Crippen LogP contribution is 2.46. The van der Waals surface area contributed by atoms with E-state index in [0.717, 1.165) is 30.9 Å². The number of methoxy groups -OCH3 is 1. The highest BCUT2D eigenvalue weighted by molar-refractivity contribution is 7.19. The molecule has 2 N–H and O–H groups in total. The van der Waals surface area contributed by atoms with E-state index in [2.05, 4.69) is 4.90 Å². The zero-order chi connectivity index (χ0) is 14.0. The highest BCUT2D eigenvalue weighted by Gasteiger charge is 2.27. The molecule has 1 aliphatic heterocycles. The summed E-state index contributed by atoms with van der Waals surface area (Å²) in [5.74, 6) is 0.226. The molecule has 0 radical (unpaired) electrons. The smallest absolute Gasteiger partial charge is 0.350 e. The third kappa shape index (κ3) is 2.78. The molecule has 0 unspecified atom stereocenters. The van der Waals surface area contributed by atoms with E-state index in [9.17, 15) is 4.79 Å². The summed E-state index contributed by atoms with van der Waals surface area (Å²) in [4.78, 5) is 14.4. The molecule has 0 spiro atoms. The van der Waals surface area contributed by atoms with Crippen LogP contribution in [0.2, 0.25) is 0 Å². The Morgan fingerprint density at radius 3 is 2.53 bits per heavy atom. The lowest BCUT2D eigenvalue weighted by Crippen LogP contribution is -2.18. The van der Waals surface area contributed by atoms with Gasteiger partial charge in [-0.25, -0.2) is 4.79 Å². The summed E-state index contributed by atoms with van der Waals surface area (Å²) in [6.45, 7) is 5.86. The number of nitrogens with zero attached hydrogens (tertiary/aromatic N) is 1. The Morgan fingerprint density at radius 1 is 1.37 bits per heavy atom. The van der Waals surface area contributed by atoms with Crippen molar-refractivity contribution < 1.29 is 14.3 Å². The second kappa shape index (κ2) is 5.69. The number of nitrogens with two attached hydrogens (primary N) is 1. The molecule has 0 atom stereocenters. The van der Waals surface area contributed by atoms with E-state index in [-0.39, 0.29) is 6.10 Å². The van der Waals surface area contributed by atoms with Crippen molar-refractivity contribution in [3.63, 3.8) is 0 Å². The number of ether oxygens (including phenoxy) is 2. The van der Waals surface area contributed by atoms with Crippen molar-refractivity contribution in [1.82, 2.24) is 0 Å². The van der Waals surface area contributed by atoms with Gasteiger partial charge in [0.25, 0.3) is 0 Å². The molecule has 0 amide bonds. The first-order valence-corrected chi connectivity index (χ1v) is 7.28. The van der Waals surface area contributed by atoms with Gasteiger partial charge in [-0.3, -0.25) is 0 Å². The molecule has 0 aliphatic carbocycles. The number of anilines is 2. The molecule has 1 fully saturated rings. The van der Waals surface area contributed by atoms with E-state index in [0.29, 0.717) is 16.3 Å². The maximum atomic E-state index is 11.7. The predicted molar refractivity (Wildman–Crippen MR) is 77.3 cm³/mol. The third-order valence-corrected chi connectivity index (χ3v) is 4.23. The van der Waals surface area contributed by atoms with Crippen LogP contribution in [0.25, 0.3) is 0 Å². The summed E-state index contributed by atoms with van der Waals surface area (Å²) in [6.07, 6.45) is 2.34. The number of hydrogen-bond acceptors (Lipinski definition) is 6. The topological polar surface area (TPSA) is 64.8 Å². The molecule has 0 bridgehead atoms. The van der Waals surface area contributed by atoms with Gasteiger partial charge in [0.1, 0.15) is 15.6 Å². The Kier molecular flexibility index (Phi) is 4.19. The summed E-state index contributed by atoms with van der Waals surface area (Å²) < 4.78 is 10.6. The Labute approximate surface area is 117 Å². The maximum absolute atomic E-state index is 11.7. The lowest BCUT2D eigenvalue weighted by atomic mass is 10.3. The van der Waals surface area contributed by atoms with E-state index in [1.165, 1.54) is 18.4 Å².